The van der Waals surface area contributed by atoms with Crippen molar-refractivity contribution in [1.29, 1.82) is 5.41 Å². The Labute approximate surface area is 89.5 Å². The Kier molecular flexibility index (Phi) is 4.51. The fourth-order valence-electron chi connectivity index (χ4n) is 1.84. The third-order valence-corrected chi connectivity index (χ3v) is 2.52. The molecule has 1 fully saturated rings. The van der Waals surface area contributed by atoms with Gasteiger partial charge in [0, 0.05) is 13.1 Å². The standard InChI is InChI=1S/C9H18N5O/c10-7(6-15)5-14-4-2-1-3-8(14)13-9(11)12/h7-8H,1-5,10H2,(H4,11,12,13)/t7-,8?/m0/s1. The Balaban J connectivity index is 2.49. The van der Waals surface area contributed by atoms with Gasteiger partial charge in [-0.25, -0.2) is 0 Å². The molecule has 85 valence electrons. The van der Waals surface area contributed by atoms with Crippen LogP contribution in [0.15, 0.2) is 0 Å². The summed E-state index contributed by atoms with van der Waals surface area (Å²) in [4.78, 5) is 12.4. The highest BCUT2D eigenvalue weighted by molar-refractivity contribution is 5.74. The number of piperidine rings is 1. The van der Waals surface area contributed by atoms with Crippen molar-refractivity contribution in [2.45, 2.75) is 31.5 Å². The lowest BCUT2D eigenvalue weighted by atomic mass is 10.1. The molecule has 0 spiro atoms. The van der Waals surface area contributed by atoms with E-state index in [1.165, 1.54) is 0 Å². The molecule has 1 aliphatic rings. The van der Waals surface area contributed by atoms with Gasteiger partial charge in [-0.05, 0) is 19.3 Å². The molecule has 0 aromatic heterocycles. The van der Waals surface area contributed by atoms with Gasteiger partial charge < -0.3 is 16.8 Å². The zero-order chi connectivity index (χ0) is 11.3. The van der Waals surface area contributed by atoms with E-state index in [1.54, 1.807) is 6.29 Å². The van der Waals surface area contributed by atoms with Crippen molar-refractivity contribution in [3.63, 3.8) is 0 Å². The molecule has 1 saturated heterocycles. The zero-order valence-corrected chi connectivity index (χ0v) is 8.70. The lowest BCUT2D eigenvalue weighted by molar-refractivity contribution is 0.135. The van der Waals surface area contributed by atoms with Gasteiger partial charge in [-0.15, -0.1) is 0 Å². The normalized spacial score (nSPS) is 24.5. The summed E-state index contributed by atoms with van der Waals surface area (Å²) in [7, 11) is 0. The van der Waals surface area contributed by atoms with Crippen LogP contribution in [0.1, 0.15) is 19.3 Å². The summed E-state index contributed by atoms with van der Waals surface area (Å²) in [5.74, 6) is -0.0458. The second-order valence-corrected chi connectivity index (χ2v) is 3.79. The summed E-state index contributed by atoms with van der Waals surface area (Å²) in [5, 5.41) is 10.0. The second kappa shape index (κ2) is 5.67. The molecule has 1 rings (SSSR count). The molecular formula is C9H18N5O. The smallest absolute Gasteiger partial charge is 0.218 e. The molecule has 0 saturated carbocycles. The molecule has 1 unspecified atom stereocenters. The van der Waals surface area contributed by atoms with E-state index in [4.69, 9.17) is 16.9 Å². The maximum absolute atomic E-state index is 10.3. The SMILES string of the molecule is N=C(N)NC1CCCCN1C[C@H](N)[C]=O. The van der Waals surface area contributed by atoms with Gasteiger partial charge in [0.05, 0.1) is 12.2 Å². The molecule has 1 aliphatic heterocycles. The predicted molar refractivity (Wildman–Crippen MR) is 57.9 cm³/mol. The molecule has 1 heterocycles. The number of nitrogens with one attached hydrogen (secondary N) is 2. The van der Waals surface area contributed by atoms with E-state index in [9.17, 15) is 4.79 Å². The van der Waals surface area contributed by atoms with Crippen LogP contribution in [0.5, 0.6) is 0 Å². The van der Waals surface area contributed by atoms with E-state index in [0.29, 0.717) is 6.54 Å². The van der Waals surface area contributed by atoms with Gasteiger partial charge in [0.25, 0.3) is 0 Å². The molecule has 0 bridgehead atoms. The molecule has 6 N–H and O–H groups in total. The van der Waals surface area contributed by atoms with Crippen molar-refractivity contribution in [1.82, 2.24) is 10.2 Å². The molecule has 6 nitrogen and oxygen atoms in total. The summed E-state index contributed by atoms with van der Waals surface area (Å²) in [6.45, 7) is 1.34. The van der Waals surface area contributed by atoms with Crippen LogP contribution in [0.25, 0.3) is 0 Å². The number of guanidine groups is 1. The number of nitrogens with zero attached hydrogens (tertiary/aromatic N) is 1. The molecule has 1 radical (unpaired) electrons. The topological polar surface area (TPSA) is 108 Å². The molecule has 15 heavy (non-hydrogen) atoms. The molecule has 0 aromatic carbocycles. The van der Waals surface area contributed by atoms with E-state index in [2.05, 4.69) is 5.32 Å². The minimum absolute atomic E-state index is 0.0238. The maximum Gasteiger partial charge on any atom is 0.218 e. The highest BCUT2D eigenvalue weighted by Gasteiger charge is 2.23. The fourth-order valence-corrected chi connectivity index (χ4v) is 1.84. The van der Waals surface area contributed by atoms with Crippen LogP contribution < -0.4 is 16.8 Å². The Bertz CT molecular complexity index is 233. The van der Waals surface area contributed by atoms with Crippen LogP contribution in [0, 0.1) is 5.41 Å². The fraction of sp³-hybridized carbons (Fsp3) is 0.778. The van der Waals surface area contributed by atoms with Crippen LogP contribution in [0.2, 0.25) is 0 Å². The van der Waals surface area contributed by atoms with Gasteiger partial charge >= 0.3 is 0 Å². The maximum atomic E-state index is 10.3. The molecular weight excluding hydrogens is 194 g/mol. The largest absolute Gasteiger partial charge is 0.370 e. The number of likely N-dealkylation sites (tertiary alicyclic amines) is 1. The third-order valence-electron chi connectivity index (χ3n) is 2.52. The van der Waals surface area contributed by atoms with Gasteiger partial charge in [-0.3, -0.25) is 15.1 Å². The lowest BCUT2D eigenvalue weighted by Gasteiger charge is -2.36. The van der Waals surface area contributed by atoms with Crippen LogP contribution in [-0.2, 0) is 4.79 Å². The number of nitrogens with two attached hydrogens (primary N) is 2. The zero-order valence-electron chi connectivity index (χ0n) is 8.70. The van der Waals surface area contributed by atoms with Gasteiger partial charge in [0.1, 0.15) is 0 Å². The number of carbonyl (C=O) groups excluding carboxylic acids is 1. The van der Waals surface area contributed by atoms with Crippen molar-refractivity contribution < 1.29 is 4.79 Å². The summed E-state index contributed by atoms with van der Waals surface area (Å²) in [6, 6.07) is -0.584. The summed E-state index contributed by atoms with van der Waals surface area (Å²) in [6.07, 6.45) is 4.89. The van der Waals surface area contributed by atoms with Gasteiger partial charge in [-0.2, -0.15) is 0 Å². The van der Waals surface area contributed by atoms with Crippen molar-refractivity contribution in [3.8, 4) is 0 Å². The van der Waals surface area contributed by atoms with Crippen molar-refractivity contribution in [2.24, 2.45) is 11.5 Å². The van der Waals surface area contributed by atoms with Crippen LogP contribution >= 0.6 is 0 Å². The summed E-state index contributed by atoms with van der Waals surface area (Å²) in [5.41, 5.74) is 10.8. The predicted octanol–water partition coefficient (Wildman–Crippen LogP) is -1.28. The average molecular weight is 212 g/mol. The number of hydrogen-bond acceptors (Lipinski definition) is 4. The average Bonchev–Trinajstić information content (AvgIpc) is 2.20. The lowest BCUT2D eigenvalue weighted by Crippen LogP contribution is -2.55. The van der Waals surface area contributed by atoms with Crippen molar-refractivity contribution in [2.75, 3.05) is 13.1 Å². The highest BCUT2D eigenvalue weighted by Crippen LogP contribution is 2.14. The quantitative estimate of drug-likeness (QED) is 0.343. The minimum Gasteiger partial charge on any atom is -0.370 e. The Morgan fingerprint density at radius 2 is 2.40 bits per heavy atom. The Morgan fingerprint density at radius 3 is 3.00 bits per heavy atom. The van der Waals surface area contributed by atoms with Crippen molar-refractivity contribution in [3.05, 3.63) is 0 Å². The Hall–Kier alpha value is -1.14. The van der Waals surface area contributed by atoms with Crippen LogP contribution in [-0.4, -0.2) is 42.4 Å². The summed E-state index contributed by atoms with van der Waals surface area (Å²) >= 11 is 0. The first-order valence-electron chi connectivity index (χ1n) is 5.11. The van der Waals surface area contributed by atoms with E-state index < -0.39 is 6.04 Å². The van der Waals surface area contributed by atoms with E-state index in [0.717, 1.165) is 25.8 Å². The third kappa shape index (κ3) is 3.85. The van der Waals surface area contributed by atoms with Gasteiger partial charge in [0.2, 0.25) is 6.29 Å². The first kappa shape index (κ1) is 11.9. The Morgan fingerprint density at radius 1 is 1.67 bits per heavy atom. The second-order valence-electron chi connectivity index (χ2n) is 3.79. The molecule has 0 aliphatic carbocycles. The monoisotopic (exact) mass is 212 g/mol. The number of rotatable bonds is 4. The van der Waals surface area contributed by atoms with Crippen molar-refractivity contribution >= 4 is 12.2 Å². The molecule has 0 aromatic rings. The molecule has 2 atom stereocenters. The van der Waals surface area contributed by atoms with Gasteiger partial charge in [0.15, 0.2) is 5.96 Å². The first-order valence-corrected chi connectivity index (χ1v) is 5.11. The molecule has 0 amide bonds. The van der Waals surface area contributed by atoms with E-state index in [-0.39, 0.29) is 12.1 Å². The van der Waals surface area contributed by atoms with E-state index >= 15 is 0 Å². The minimum atomic E-state index is -0.584. The highest BCUT2D eigenvalue weighted by atomic mass is 16.1. The first-order chi connectivity index (χ1) is 7.13. The van der Waals surface area contributed by atoms with Crippen LogP contribution in [0.4, 0.5) is 0 Å². The molecule has 6 heteroatoms. The van der Waals surface area contributed by atoms with E-state index in [1.807, 2.05) is 4.90 Å². The van der Waals surface area contributed by atoms with Gasteiger partial charge in [-0.1, -0.05) is 0 Å². The summed E-state index contributed by atoms with van der Waals surface area (Å²) < 4.78 is 0. The number of hydrogen-bond donors (Lipinski definition) is 4. The van der Waals surface area contributed by atoms with Crippen LogP contribution in [0.3, 0.4) is 0 Å².